The predicted octanol–water partition coefficient (Wildman–Crippen LogP) is 3.71. The average Bonchev–Trinajstić information content (AvgIpc) is 3.40. The maximum absolute atomic E-state index is 15.0. The maximum atomic E-state index is 15.0. The Balaban J connectivity index is 1.64. The number of aliphatic carboxylic acids is 1. The zero-order chi connectivity index (χ0) is 27.2. The number of likely N-dealkylation sites (tertiary alicyclic amines) is 1. The Kier molecular flexibility index (Phi) is 9.58. The molecule has 2 N–H and O–H groups in total. The number of piperidine rings is 1. The van der Waals surface area contributed by atoms with Crippen LogP contribution in [0.5, 0.6) is 0 Å². The fourth-order valence-electron chi connectivity index (χ4n) is 4.44. The van der Waals surface area contributed by atoms with Crippen LogP contribution in [0.15, 0.2) is 50.5 Å². The highest BCUT2D eigenvalue weighted by Gasteiger charge is 2.36. The van der Waals surface area contributed by atoms with E-state index in [1.54, 1.807) is 24.6 Å². The minimum Gasteiger partial charge on any atom is -0.480 e. The molecule has 38 heavy (non-hydrogen) atoms. The van der Waals surface area contributed by atoms with Crippen LogP contribution in [0, 0.1) is 11.7 Å². The summed E-state index contributed by atoms with van der Waals surface area (Å²) in [6, 6.07) is 3.36. The van der Waals surface area contributed by atoms with Crippen LogP contribution in [0.25, 0.3) is 0 Å². The first kappa shape index (κ1) is 28.3. The molecule has 1 aromatic carbocycles. The van der Waals surface area contributed by atoms with E-state index in [9.17, 15) is 14.0 Å². The Labute approximate surface area is 230 Å². The number of carbonyl (C=O) groups is 2. The van der Waals surface area contributed by atoms with Gasteiger partial charge in [-0.15, -0.1) is 11.3 Å². The molecule has 0 spiro atoms. The molecule has 0 aliphatic carbocycles. The number of amidine groups is 1. The monoisotopic (exact) mass is 612 g/mol. The second-order valence-electron chi connectivity index (χ2n) is 8.83. The maximum Gasteiger partial charge on any atom is 0.338 e. The molecule has 204 valence electrons. The number of hydrogen-bond acceptors (Lipinski definition) is 9. The van der Waals surface area contributed by atoms with Gasteiger partial charge in [0.1, 0.15) is 24.6 Å². The number of hydrogen-bond donors (Lipinski definition) is 2. The van der Waals surface area contributed by atoms with Gasteiger partial charge in [-0.25, -0.2) is 23.4 Å². The number of carboxylic acids is 1. The van der Waals surface area contributed by atoms with E-state index in [1.165, 1.54) is 23.5 Å². The molecule has 2 aliphatic heterocycles. The van der Waals surface area contributed by atoms with Crippen LogP contribution in [0.1, 0.15) is 30.0 Å². The summed E-state index contributed by atoms with van der Waals surface area (Å²) in [5.74, 6) is -2.09. The molecule has 0 radical (unpaired) electrons. The molecule has 3 atom stereocenters. The summed E-state index contributed by atoms with van der Waals surface area (Å²) in [4.78, 5) is 34.9. The summed E-state index contributed by atoms with van der Waals surface area (Å²) < 4.78 is 39.8. The van der Waals surface area contributed by atoms with Gasteiger partial charge in [0, 0.05) is 40.8 Å². The topological polar surface area (TPSA) is 113 Å². The van der Waals surface area contributed by atoms with Crippen molar-refractivity contribution in [1.82, 2.24) is 15.2 Å². The first-order valence-corrected chi connectivity index (χ1v) is 13.7. The van der Waals surface area contributed by atoms with Crippen LogP contribution in [0.4, 0.5) is 8.78 Å². The van der Waals surface area contributed by atoms with Crippen LogP contribution in [-0.2, 0) is 19.1 Å². The molecular formula is C25H27BrF2N4O5S. The number of aromatic nitrogens is 1. The van der Waals surface area contributed by atoms with E-state index < -0.39 is 42.5 Å². The van der Waals surface area contributed by atoms with Gasteiger partial charge in [0.15, 0.2) is 10.8 Å². The van der Waals surface area contributed by atoms with Crippen molar-refractivity contribution in [3.05, 3.63) is 61.9 Å². The number of carbonyl (C=O) groups excluding carboxylic acids is 1. The Morgan fingerprint density at radius 1 is 1.37 bits per heavy atom. The molecule has 3 unspecified atom stereocenters. The van der Waals surface area contributed by atoms with Crippen molar-refractivity contribution in [2.24, 2.45) is 10.9 Å². The largest absolute Gasteiger partial charge is 0.480 e. The molecule has 1 saturated heterocycles. The summed E-state index contributed by atoms with van der Waals surface area (Å²) in [5.41, 5.74) is 1.32. The normalized spacial score (nSPS) is 22.1. The van der Waals surface area contributed by atoms with Gasteiger partial charge in [-0.2, -0.15) is 0 Å². The van der Waals surface area contributed by atoms with Crippen molar-refractivity contribution in [1.29, 1.82) is 0 Å². The quantitative estimate of drug-likeness (QED) is 0.390. The van der Waals surface area contributed by atoms with Crippen molar-refractivity contribution in [2.45, 2.75) is 25.6 Å². The summed E-state index contributed by atoms with van der Waals surface area (Å²) in [6.45, 7) is 2.20. The number of ether oxygens (including phenoxy) is 2. The Hall–Kier alpha value is -2.74. The molecule has 13 heteroatoms. The number of carboxylic acid groups (broad SMARTS) is 1. The number of alkyl halides is 1. The summed E-state index contributed by atoms with van der Waals surface area (Å²) in [6.07, 6.45) is 0.868. The number of thiazole rings is 1. The number of esters is 1. The lowest BCUT2D eigenvalue weighted by atomic mass is 9.93. The third-order valence-corrected chi connectivity index (χ3v) is 7.68. The van der Waals surface area contributed by atoms with Gasteiger partial charge in [0.2, 0.25) is 0 Å². The Bertz CT molecular complexity index is 1230. The molecule has 9 nitrogen and oxygen atoms in total. The number of aliphatic imine (C=N–C) groups is 1. The number of nitrogens with zero attached hydrogens (tertiary/aromatic N) is 3. The highest BCUT2D eigenvalue weighted by atomic mass is 79.9. The molecular weight excluding hydrogens is 586 g/mol. The minimum absolute atomic E-state index is 0.0256. The number of halogens is 3. The molecule has 0 amide bonds. The standard InChI is InChI=1S/C25H27BrF2N4O5S/c1-2-37-25(35)21-19(11-32-7-5-14(18(28)10-32)12-36-13-20(33)34)30-23(24-29-6-8-38-24)31-22(21)16-4-3-15(27)9-17(16)26/h3-4,6,8-9,14,18,22H,2,5,7,10-13H2,1H3,(H,30,31)(H,33,34). The first-order valence-electron chi connectivity index (χ1n) is 12.0. The van der Waals surface area contributed by atoms with E-state index in [2.05, 4.69) is 26.2 Å². The number of rotatable bonds is 10. The van der Waals surface area contributed by atoms with Crippen LogP contribution in [-0.4, -0.2) is 78.4 Å². The van der Waals surface area contributed by atoms with Crippen LogP contribution in [0.3, 0.4) is 0 Å². The summed E-state index contributed by atoms with van der Waals surface area (Å²) >= 11 is 4.77. The van der Waals surface area contributed by atoms with E-state index in [-0.39, 0.29) is 31.9 Å². The molecule has 3 heterocycles. The average molecular weight is 613 g/mol. The van der Waals surface area contributed by atoms with Crippen molar-refractivity contribution >= 4 is 45.0 Å². The Morgan fingerprint density at radius 3 is 2.84 bits per heavy atom. The van der Waals surface area contributed by atoms with Gasteiger partial charge in [-0.05, 0) is 37.6 Å². The fourth-order valence-corrected chi connectivity index (χ4v) is 5.59. The highest BCUT2D eigenvalue weighted by Crippen LogP contribution is 2.37. The van der Waals surface area contributed by atoms with Crippen molar-refractivity contribution in [3.8, 4) is 0 Å². The molecule has 2 aromatic rings. The van der Waals surface area contributed by atoms with E-state index in [0.29, 0.717) is 39.5 Å². The number of nitrogens with one attached hydrogen (secondary N) is 1. The first-order chi connectivity index (χ1) is 18.3. The molecule has 0 bridgehead atoms. The van der Waals surface area contributed by atoms with Gasteiger partial charge >= 0.3 is 11.9 Å². The van der Waals surface area contributed by atoms with Gasteiger partial charge in [0.05, 0.1) is 18.8 Å². The highest BCUT2D eigenvalue weighted by molar-refractivity contribution is 9.10. The Morgan fingerprint density at radius 2 is 2.18 bits per heavy atom. The van der Waals surface area contributed by atoms with E-state index in [1.807, 2.05) is 4.90 Å². The van der Waals surface area contributed by atoms with Crippen LogP contribution < -0.4 is 5.32 Å². The minimum atomic E-state index is -1.23. The lowest BCUT2D eigenvalue weighted by Gasteiger charge is -2.36. The summed E-state index contributed by atoms with van der Waals surface area (Å²) in [5, 5.41) is 14.4. The molecule has 4 rings (SSSR count). The second-order valence-corrected chi connectivity index (χ2v) is 10.6. The van der Waals surface area contributed by atoms with Crippen molar-refractivity contribution < 1.29 is 33.0 Å². The SMILES string of the molecule is CCOC(=O)C1=C(CN2CCC(COCC(=O)O)C(F)C2)NC(c2nccs2)=NC1c1ccc(F)cc1Br. The second kappa shape index (κ2) is 12.9. The lowest BCUT2D eigenvalue weighted by Crippen LogP contribution is -2.47. The molecule has 2 aliphatic rings. The van der Waals surface area contributed by atoms with Crippen LogP contribution >= 0.6 is 27.3 Å². The lowest BCUT2D eigenvalue weighted by molar-refractivity contribution is -0.143. The molecule has 1 aromatic heterocycles. The van der Waals surface area contributed by atoms with E-state index in [4.69, 9.17) is 19.6 Å². The van der Waals surface area contributed by atoms with Crippen molar-refractivity contribution in [2.75, 3.05) is 39.5 Å². The van der Waals surface area contributed by atoms with E-state index in [0.717, 1.165) is 0 Å². The summed E-state index contributed by atoms with van der Waals surface area (Å²) in [7, 11) is 0. The van der Waals surface area contributed by atoms with Crippen LogP contribution in [0.2, 0.25) is 0 Å². The van der Waals surface area contributed by atoms with Gasteiger partial charge in [-0.1, -0.05) is 22.0 Å². The molecule has 1 fully saturated rings. The third kappa shape index (κ3) is 6.82. The number of benzene rings is 1. The fraction of sp³-hybridized carbons (Fsp3) is 0.440. The van der Waals surface area contributed by atoms with Gasteiger partial charge in [-0.3, -0.25) is 9.89 Å². The van der Waals surface area contributed by atoms with E-state index >= 15 is 4.39 Å². The molecule has 0 saturated carbocycles. The smallest absolute Gasteiger partial charge is 0.338 e. The zero-order valence-corrected chi connectivity index (χ0v) is 22.9. The predicted molar refractivity (Wildman–Crippen MR) is 140 cm³/mol. The van der Waals surface area contributed by atoms with Gasteiger partial charge in [0.25, 0.3) is 0 Å². The third-order valence-electron chi connectivity index (χ3n) is 6.21. The van der Waals surface area contributed by atoms with Gasteiger partial charge < -0.3 is 19.9 Å². The van der Waals surface area contributed by atoms with Crippen molar-refractivity contribution in [3.63, 3.8) is 0 Å². The zero-order valence-electron chi connectivity index (χ0n) is 20.5.